The fourth-order valence-electron chi connectivity index (χ4n) is 1.07. The molecule has 2 N–H and O–H groups in total. The molecule has 0 radical (unpaired) electrons. The predicted molar refractivity (Wildman–Crippen MR) is 66.0 cm³/mol. The smallest absolute Gasteiger partial charge is 0.345 e. The minimum absolute atomic E-state index is 0.407. The SMILES string of the molecule is CSC(C)CNCc1ccc(C(=O)O)s1. The molecule has 0 aromatic carbocycles. The van der Waals surface area contributed by atoms with Gasteiger partial charge in [0.05, 0.1) is 0 Å². The van der Waals surface area contributed by atoms with E-state index in [0.29, 0.717) is 10.1 Å². The molecule has 5 heteroatoms. The summed E-state index contributed by atoms with van der Waals surface area (Å²) in [6, 6.07) is 3.52. The quantitative estimate of drug-likeness (QED) is 0.807. The molecule has 0 aliphatic rings. The Morgan fingerprint density at radius 3 is 2.93 bits per heavy atom. The van der Waals surface area contributed by atoms with Crippen LogP contribution in [0.2, 0.25) is 0 Å². The maximum absolute atomic E-state index is 10.6. The molecule has 0 bridgehead atoms. The van der Waals surface area contributed by atoms with Gasteiger partial charge in [0.2, 0.25) is 0 Å². The average molecular weight is 245 g/mol. The van der Waals surface area contributed by atoms with Gasteiger partial charge < -0.3 is 10.4 Å². The van der Waals surface area contributed by atoms with Crippen molar-refractivity contribution in [3.8, 4) is 0 Å². The largest absolute Gasteiger partial charge is 0.477 e. The van der Waals surface area contributed by atoms with Crippen LogP contribution in [0.5, 0.6) is 0 Å². The Labute approximate surface area is 97.9 Å². The molecule has 84 valence electrons. The summed E-state index contributed by atoms with van der Waals surface area (Å²) in [6.07, 6.45) is 2.08. The number of hydrogen-bond donors (Lipinski definition) is 2. The van der Waals surface area contributed by atoms with Crippen molar-refractivity contribution in [1.82, 2.24) is 5.32 Å². The van der Waals surface area contributed by atoms with Gasteiger partial charge in [0, 0.05) is 23.2 Å². The van der Waals surface area contributed by atoms with Gasteiger partial charge in [-0.05, 0) is 18.4 Å². The first-order chi connectivity index (χ1) is 7.13. The second-order valence-electron chi connectivity index (χ2n) is 3.25. The number of carboxylic acids is 1. The Balaban J connectivity index is 2.35. The van der Waals surface area contributed by atoms with Crippen molar-refractivity contribution in [2.75, 3.05) is 12.8 Å². The molecule has 0 saturated heterocycles. The van der Waals surface area contributed by atoms with Crippen LogP contribution >= 0.6 is 23.1 Å². The lowest BCUT2D eigenvalue weighted by Gasteiger charge is -2.08. The Bertz CT molecular complexity index is 325. The Hall–Kier alpha value is -0.520. The Kier molecular flexibility index (Phi) is 5.14. The van der Waals surface area contributed by atoms with E-state index in [-0.39, 0.29) is 0 Å². The van der Waals surface area contributed by atoms with Gasteiger partial charge in [-0.3, -0.25) is 0 Å². The third kappa shape index (κ3) is 4.24. The van der Waals surface area contributed by atoms with Crippen molar-refractivity contribution in [3.05, 3.63) is 21.9 Å². The molecule has 1 aromatic rings. The van der Waals surface area contributed by atoms with Crippen LogP contribution in [0.15, 0.2) is 12.1 Å². The van der Waals surface area contributed by atoms with E-state index >= 15 is 0 Å². The minimum atomic E-state index is -0.844. The van der Waals surface area contributed by atoms with Gasteiger partial charge in [0.25, 0.3) is 0 Å². The zero-order valence-corrected chi connectivity index (χ0v) is 10.5. The van der Waals surface area contributed by atoms with Gasteiger partial charge in [-0.15, -0.1) is 11.3 Å². The fraction of sp³-hybridized carbons (Fsp3) is 0.500. The first-order valence-electron chi connectivity index (χ1n) is 4.69. The van der Waals surface area contributed by atoms with E-state index < -0.39 is 5.97 Å². The summed E-state index contributed by atoms with van der Waals surface area (Å²) in [7, 11) is 0. The third-order valence-electron chi connectivity index (χ3n) is 2.01. The molecule has 0 spiro atoms. The van der Waals surface area contributed by atoms with Crippen LogP contribution in [0.3, 0.4) is 0 Å². The van der Waals surface area contributed by atoms with Gasteiger partial charge in [0.15, 0.2) is 0 Å². The number of carbonyl (C=O) groups is 1. The fourth-order valence-corrected chi connectivity index (χ4v) is 2.17. The van der Waals surface area contributed by atoms with Crippen molar-refractivity contribution in [1.29, 1.82) is 0 Å². The minimum Gasteiger partial charge on any atom is -0.477 e. The van der Waals surface area contributed by atoms with E-state index in [1.165, 1.54) is 11.3 Å². The van der Waals surface area contributed by atoms with Crippen molar-refractivity contribution in [3.63, 3.8) is 0 Å². The predicted octanol–water partition coefficient (Wildman–Crippen LogP) is 2.29. The monoisotopic (exact) mass is 245 g/mol. The van der Waals surface area contributed by atoms with Crippen LogP contribution in [0.25, 0.3) is 0 Å². The van der Waals surface area contributed by atoms with Crippen LogP contribution in [0.1, 0.15) is 21.5 Å². The van der Waals surface area contributed by atoms with Crippen molar-refractivity contribution >= 4 is 29.1 Å². The number of aromatic carboxylic acids is 1. The molecule has 1 atom stereocenters. The zero-order valence-electron chi connectivity index (χ0n) is 8.82. The van der Waals surface area contributed by atoms with Crippen LogP contribution in [-0.2, 0) is 6.54 Å². The van der Waals surface area contributed by atoms with Crippen LogP contribution in [0, 0.1) is 0 Å². The molecule has 1 unspecified atom stereocenters. The van der Waals surface area contributed by atoms with Crippen LogP contribution < -0.4 is 5.32 Å². The summed E-state index contributed by atoms with van der Waals surface area (Å²) >= 11 is 3.15. The number of nitrogens with one attached hydrogen (secondary N) is 1. The number of hydrogen-bond acceptors (Lipinski definition) is 4. The molecule has 0 aliphatic carbocycles. The van der Waals surface area contributed by atoms with E-state index in [9.17, 15) is 4.79 Å². The van der Waals surface area contributed by atoms with Crippen LogP contribution in [0.4, 0.5) is 0 Å². The standard InChI is InChI=1S/C10H15NO2S2/c1-7(14-2)5-11-6-8-3-4-9(15-8)10(12)13/h3-4,7,11H,5-6H2,1-2H3,(H,12,13). The Morgan fingerprint density at radius 1 is 1.67 bits per heavy atom. The lowest BCUT2D eigenvalue weighted by molar-refractivity contribution is 0.0702. The zero-order chi connectivity index (χ0) is 11.3. The molecule has 0 amide bonds. The summed E-state index contributed by atoms with van der Waals surface area (Å²) in [5.74, 6) is -0.844. The highest BCUT2D eigenvalue weighted by molar-refractivity contribution is 7.99. The molecular weight excluding hydrogens is 230 g/mol. The maximum atomic E-state index is 10.6. The third-order valence-corrected chi connectivity index (χ3v) is 4.05. The molecule has 0 aliphatic heterocycles. The molecule has 3 nitrogen and oxygen atoms in total. The Morgan fingerprint density at radius 2 is 2.40 bits per heavy atom. The van der Waals surface area contributed by atoms with Crippen molar-refractivity contribution in [2.45, 2.75) is 18.7 Å². The molecule has 1 heterocycles. The molecule has 0 fully saturated rings. The average Bonchev–Trinajstić information content (AvgIpc) is 2.66. The summed E-state index contributed by atoms with van der Waals surface area (Å²) < 4.78 is 0. The van der Waals surface area contributed by atoms with E-state index in [2.05, 4.69) is 18.5 Å². The second kappa shape index (κ2) is 6.15. The van der Waals surface area contributed by atoms with Gasteiger partial charge in [-0.2, -0.15) is 11.8 Å². The lowest BCUT2D eigenvalue weighted by Crippen LogP contribution is -2.21. The maximum Gasteiger partial charge on any atom is 0.345 e. The summed E-state index contributed by atoms with van der Waals surface area (Å²) in [5.41, 5.74) is 0. The number of thioether (sulfide) groups is 1. The first-order valence-corrected chi connectivity index (χ1v) is 6.79. The lowest BCUT2D eigenvalue weighted by atomic mass is 10.4. The molecule has 1 rings (SSSR count). The van der Waals surface area contributed by atoms with Crippen LogP contribution in [-0.4, -0.2) is 29.1 Å². The summed E-state index contributed by atoms with van der Waals surface area (Å²) in [5, 5.41) is 12.6. The number of carboxylic acid groups (broad SMARTS) is 1. The summed E-state index contributed by atoms with van der Waals surface area (Å²) in [6.45, 7) is 3.86. The summed E-state index contributed by atoms with van der Waals surface area (Å²) in [4.78, 5) is 12.1. The second-order valence-corrected chi connectivity index (χ2v) is 5.69. The normalized spacial score (nSPS) is 12.7. The first kappa shape index (κ1) is 12.5. The molecular formula is C10H15NO2S2. The molecule has 1 aromatic heterocycles. The van der Waals surface area contributed by atoms with Gasteiger partial charge in [-0.25, -0.2) is 4.79 Å². The van der Waals surface area contributed by atoms with E-state index in [1.54, 1.807) is 6.07 Å². The number of thiophene rings is 1. The van der Waals surface area contributed by atoms with Gasteiger partial charge >= 0.3 is 5.97 Å². The van der Waals surface area contributed by atoms with E-state index in [1.807, 2.05) is 17.8 Å². The van der Waals surface area contributed by atoms with Crippen molar-refractivity contribution in [2.24, 2.45) is 0 Å². The topological polar surface area (TPSA) is 49.3 Å². The number of rotatable bonds is 6. The van der Waals surface area contributed by atoms with Gasteiger partial charge in [-0.1, -0.05) is 6.92 Å². The molecule has 15 heavy (non-hydrogen) atoms. The molecule has 0 saturated carbocycles. The van der Waals surface area contributed by atoms with E-state index in [0.717, 1.165) is 18.0 Å². The van der Waals surface area contributed by atoms with Gasteiger partial charge in [0.1, 0.15) is 4.88 Å². The highest BCUT2D eigenvalue weighted by Crippen LogP contribution is 2.16. The van der Waals surface area contributed by atoms with E-state index in [4.69, 9.17) is 5.11 Å². The highest BCUT2D eigenvalue weighted by Gasteiger charge is 2.06. The van der Waals surface area contributed by atoms with Crippen molar-refractivity contribution < 1.29 is 9.90 Å². The highest BCUT2D eigenvalue weighted by atomic mass is 32.2.